The van der Waals surface area contributed by atoms with E-state index in [4.69, 9.17) is 21.1 Å². The van der Waals surface area contributed by atoms with Crippen molar-refractivity contribution in [3.8, 4) is 39.1 Å². The molecule has 0 radical (unpaired) electrons. The first-order valence-electron chi connectivity index (χ1n) is 12.4. The molecule has 2 N–H and O–H groups in total. The van der Waals surface area contributed by atoms with Crippen molar-refractivity contribution in [3.63, 3.8) is 0 Å². The Morgan fingerprint density at radius 3 is 2.28 bits per heavy atom. The van der Waals surface area contributed by atoms with Gasteiger partial charge in [-0.2, -0.15) is 0 Å². The summed E-state index contributed by atoms with van der Waals surface area (Å²) in [7, 11) is 1.54. The quantitative estimate of drug-likeness (QED) is 0.171. The van der Waals surface area contributed by atoms with Crippen molar-refractivity contribution in [2.24, 2.45) is 0 Å². The highest BCUT2D eigenvalue weighted by molar-refractivity contribution is 6.34. The largest absolute Gasteiger partial charge is 0.507 e. The lowest BCUT2D eigenvalue weighted by Gasteiger charge is -2.11. The molecule has 0 aliphatic heterocycles. The molecule has 0 amide bonds. The van der Waals surface area contributed by atoms with E-state index in [1.54, 1.807) is 25.3 Å². The maximum Gasteiger partial charge on any atom is 0.310 e. The van der Waals surface area contributed by atoms with Crippen LogP contribution in [0.2, 0.25) is 5.02 Å². The Hall–Kier alpha value is -4.39. The smallest absolute Gasteiger partial charge is 0.310 e. The number of esters is 1. The van der Waals surface area contributed by atoms with Crippen molar-refractivity contribution in [1.82, 2.24) is 4.98 Å². The number of pyridine rings is 1. The molecule has 5 rings (SSSR count). The molecule has 0 saturated carbocycles. The first-order valence-corrected chi connectivity index (χ1v) is 12.8. The van der Waals surface area contributed by atoms with E-state index in [-0.39, 0.29) is 30.3 Å². The molecule has 6 nitrogen and oxygen atoms in total. The Labute approximate surface area is 230 Å². The molecule has 0 saturated heterocycles. The number of aromatic amines is 1. The Morgan fingerprint density at radius 2 is 1.54 bits per heavy atom. The minimum absolute atomic E-state index is 0.0968. The van der Waals surface area contributed by atoms with E-state index in [9.17, 15) is 14.7 Å². The minimum Gasteiger partial charge on any atom is -0.507 e. The number of halogens is 1. The van der Waals surface area contributed by atoms with Gasteiger partial charge in [0, 0.05) is 29.3 Å². The molecular weight excluding hydrogens is 514 g/mol. The molecule has 0 bridgehead atoms. The second-order valence-corrected chi connectivity index (χ2v) is 9.52. The number of H-pyrrole nitrogens is 1. The number of methoxy groups -OCH3 is 1. The van der Waals surface area contributed by atoms with Gasteiger partial charge in [0.05, 0.1) is 18.1 Å². The SMILES string of the molecule is COCCOC(=O)Cc1cccc(-c2cc3cc(-c4ccc(-c5ccccc5O)cc4)c(Cl)cc3[nH]c2=O)c1. The maximum absolute atomic E-state index is 13.0. The van der Waals surface area contributed by atoms with Crippen LogP contribution >= 0.6 is 11.6 Å². The number of aromatic hydroxyl groups is 1. The number of hydrogen-bond acceptors (Lipinski definition) is 5. The van der Waals surface area contributed by atoms with Crippen LogP contribution in [0.15, 0.2) is 95.8 Å². The van der Waals surface area contributed by atoms with Gasteiger partial charge in [-0.1, -0.05) is 78.3 Å². The highest BCUT2D eigenvalue weighted by atomic mass is 35.5. The van der Waals surface area contributed by atoms with Crippen LogP contribution in [0.25, 0.3) is 44.3 Å². The van der Waals surface area contributed by atoms with Gasteiger partial charge in [-0.05, 0) is 51.9 Å². The molecular formula is C32H26ClNO5. The topological polar surface area (TPSA) is 88.6 Å². The van der Waals surface area contributed by atoms with Crippen LogP contribution in [0.1, 0.15) is 5.56 Å². The minimum atomic E-state index is -0.357. The van der Waals surface area contributed by atoms with Gasteiger partial charge in [-0.3, -0.25) is 9.59 Å². The predicted octanol–water partition coefficient (Wildman–Crippen LogP) is 6.62. The van der Waals surface area contributed by atoms with Crippen LogP contribution in [0.3, 0.4) is 0 Å². The number of rotatable bonds is 8. The number of hydrogen-bond donors (Lipinski definition) is 2. The van der Waals surface area contributed by atoms with Crippen molar-refractivity contribution in [2.45, 2.75) is 6.42 Å². The van der Waals surface area contributed by atoms with E-state index in [1.165, 1.54) is 0 Å². The summed E-state index contributed by atoms with van der Waals surface area (Å²) in [5.74, 6) is -0.137. The number of aromatic nitrogens is 1. The van der Waals surface area contributed by atoms with Gasteiger partial charge in [0.1, 0.15) is 12.4 Å². The second-order valence-electron chi connectivity index (χ2n) is 9.12. The number of carbonyl (C=O) groups is 1. The molecule has 0 fully saturated rings. The number of para-hydroxylation sites is 1. The van der Waals surface area contributed by atoms with E-state index >= 15 is 0 Å². The fraction of sp³-hybridized carbons (Fsp3) is 0.125. The number of fused-ring (bicyclic) bond motifs is 1. The standard InChI is InChI=1S/C32H26ClNO5/c1-38-13-14-39-31(36)16-20-5-4-6-23(15-20)27-18-24-17-26(28(33)19-29(24)34-32(27)37)22-11-9-21(10-12-22)25-7-2-3-8-30(25)35/h2-12,15,17-19,35H,13-14,16H2,1H3,(H,34,37). The lowest BCUT2D eigenvalue weighted by molar-refractivity contribution is -0.144. The zero-order valence-corrected chi connectivity index (χ0v) is 22.0. The fourth-order valence-electron chi connectivity index (χ4n) is 4.52. The summed E-state index contributed by atoms with van der Waals surface area (Å²) in [5.41, 5.74) is 5.67. The number of benzene rings is 4. The Balaban J connectivity index is 1.46. The average Bonchev–Trinajstić information content (AvgIpc) is 2.93. The maximum atomic E-state index is 13.0. The van der Waals surface area contributed by atoms with Gasteiger partial charge in [0.15, 0.2) is 0 Å². The number of phenolic OH excluding ortho intramolecular Hbond substituents is 1. The highest BCUT2D eigenvalue weighted by Crippen LogP contribution is 2.35. The molecule has 0 unspecified atom stereocenters. The van der Waals surface area contributed by atoms with Crippen LogP contribution in [0, 0.1) is 0 Å². The molecule has 39 heavy (non-hydrogen) atoms. The summed E-state index contributed by atoms with van der Waals surface area (Å²) >= 11 is 6.63. The summed E-state index contributed by atoms with van der Waals surface area (Å²) in [6.07, 6.45) is 0.0968. The molecule has 1 heterocycles. The first-order chi connectivity index (χ1) is 18.9. The third-order valence-electron chi connectivity index (χ3n) is 6.48. The van der Waals surface area contributed by atoms with Gasteiger partial charge in [-0.15, -0.1) is 0 Å². The van der Waals surface area contributed by atoms with Crippen LogP contribution in [0.5, 0.6) is 5.75 Å². The normalized spacial score (nSPS) is 11.0. The van der Waals surface area contributed by atoms with E-state index < -0.39 is 0 Å². The molecule has 0 aliphatic rings. The second kappa shape index (κ2) is 11.6. The van der Waals surface area contributed by atoms with Crippen molar-refractivity contribution < 1.29 is 19.4 Å². The lowest BCUT2D eigenvalue weighted by atomic mass is 9.97. The third-order valence-corrected chi connectivity index (χ3v) is 6.79. The van der Waals surface area contributed by atoms with E-state index in [0.29, 0.717) is 28.3 Å². The Kier molecular flexibility index (Phi) is 7.77. The zero-order chi connectivity index (χ0) is 27.4. The van der Waals surface area contributed by atoms with Crippen LogP contribution in [0.4, 0.5) is 0 Å². The molecule has 5 aromatic rings. The third kappa shape index (κ3) is 5.87. The molecule has 0 spiro atoms. The first kappa shape index (κ1) is 26.2. The number of ether oxygens (including phenoxy) is 2. The Bertz CT molecular complexity index is 1710. The summed E-state index contributed by atoms with van der Waals surface area (Å²) in [4.78, 5) is 28.0. The van der Waals surface area contributed by atoms with Crippen LogP contribution < -0.4 is 5.56 Å². The highest BCUT2D eigenvalue weighted by Gasteiger charge is 2.13. The van der Waals surface area contributed by atoms with Gasteiger partial charge >= 0.3 is 5.97 Å². The Morgan fingerprint density at radius 1 is 0.821 bits per heavy atom. The lowest BCUT2D eigenvalue weighted by Crippen LogP contribution is -2.12. The van der Waals surface area contributed by atoms with Crippen LogP contribution in [-0.4, -0.2) is 36.4 Å². The van der Waals surface area contributed by atoms with Gasteiger partial charge < -0.3 is 19.6 Å². The van der Waals surface area contributed by atoms with Crippen molar-refractivity contribution in [2.75, 3.05) is 20.3 Å². The molecule has 0 aliphatic carbocycles. The molecule has 1 aromatic heterocycles. The van der Waals surface area contributed by atoms with E-state index in [2.05, 4.69) is 4.98 Å². The van der Waals surface area contributed by atoms with Crippen LogP contribution in [-0.2, 0) is 20.7 Å². The fourth-order valence-corrected chi connectivity index (χ4v) is 4.79. The average molecular weight is 540 g/mol. The van der Waals surface area contributed by atoms with Crippen molar-refractivity contribution >= 4 is 28.5 Å². The summed E-state index contributed by atoms with van der Waals surface area (Å²) in [6.45, 7) is 0.534. The summed E-state index contributed by atoms with van der Waals surface area (Å²) in [6, 6.07) is 27.8. The van der Waals surface area contributed by atoms with Gasteiger partial charge in [0.25, 0.3) is 5.56 Å². The monoisotopic (exact) mass is 539 g/mol. The number of phenols is 1. The van der Waals surface area contributed by atoms with Crippen molar-refractivity contribution in [3.05, 3.63) is 112 Å². The zero-order valence-electron chi connectivity index (χ0n) is 21.2. The number of carbonyl (C=O) groups excluding carboxylic acids is 1. The van der Waals surface area contributed by atoms with E-state index in [1.807, 2.05) is 72.8 Å². The molecule has 196 valence electrons. The van der Waals surface area contributed by atoms with E-state index in [0.717, 1.165) is 33.2 Å². The number of nitrogens with one attached hydrogen (secondary N) is 1. The summed E-state index contributed by atoms with van der Waals surface area (Å²) < 4.78 is 10.1. The molecule has 7 heteroatoms. The predicted molar refractivity (Wildman–Crippen MR) is 154 cm³/mol. The van der Waals surface area contributed by atoms with Gasteiger partial charge in [0.2, 0.25) is 0 Å². The summed E-state index contributed by atoms with van der Waals surface area (Å²) in [5, 5.41) is 11.5. The van der Waals surface area contributed by atoms with Crippen molar-refractivity contribution in [1.29, 1.82) is 0 Å². The van der Waals surface area contributed by atoms with Gasteiger partial charge in [-0.25, -0.2) is 0 Å². The molecule has 4 aromatic carbocycles. The molecule has 0 atom stereocenters.